The number of piperidine rings is 1. The molecule has 1 saturated heterocycles. The Kier molecular flexibility index (Phi) is 4.43. The van der Waals surface area contributed by atoms with E-state index in [4.69, 9.17) is 14.2 Å². The average molecular weight is 393 g/mol. The topological polar surface area (TPSA) is 68.2 Å². The molecule has 0 saturated carbocycles. The van der Waals surface area contributed by atoms with Gasteiger partial charge in [0.1, 0.15) is 11.5 Å². The SMILES string of the molecule is C[C@@H]1CCCN(Cc2c(O)ccc3c2O/C(=C\c2ccc4c(c2)OCO4)C3=O)C1. The average Bonchev–Trinajstić information content (AvgIpc) is 3.29. The number of ketones is 1. The van der Waals surface area contributed by atoms with Gasteiger partial charge < -0.3 is 19.3 Å². The fourth-order valence-electron chi connectivity index (χ4n) is 4.26. The molecule has 6 nitrogen and oxygen atoms in total. The van der Waals surface area contributed by atoms with Crippen LogP contribution in [-0.4, -0.2) is 35.7 Å². The largest absolute Gasteiger partial charge is 0.507 e. The van der Waals surface area contributed by atoms with Crippen molar-refractivity contribution >= 4 is 11.9 Å². The van der Waals surface area contributed by atoms with Crippen molar-refractivity contribution in [2.24, 2.45) is 5.92 Å². The van der Waals surface area contributed by atoms with Gasteiger partial charge in [-0.3, -0.25) is 9.69 Å². The van der Waals surface area contributed by atoms with E-state index in [9.17, 15) is 9.90 Å². The van der Waals surface area contributed by atoms with Gasteiger partial charge in [0.25, 0.3) is 0 Å². The van der Waals surface area contributed by atoms with Crippen molar-refractivity contribution in [2.45, 2.75) is 26.3 Å². The molecule has 1 atom stereocenters. The van der Waals surface area contributed by atoms with Gasteiger partial charge in [0.15, 0.2) is 17.3 Å². The van der Waals surface area contributed by atoms with Gasteiger partial charge in [-0.15, -0.1) is 0 Å². The molecule has 150 valence electrons. The molecule has 2 aromatic carbocycles. The van der Waals surface area contributed by atoms with Crippen LogP contribution in [0.1, 0.15) is 41.3 Å². The number of carbonyl (C=O) groups is 1. The third-order valence-electron chi connectivity index (χ3n) is 5.73. The monoisotopic (exact) mass is 393 g/mol. The van der Waals surface area contributed by atoms with E-state index in [0.29, 0.717) is 40.8 Å². The number of nitrogens with zero attached hydrogens (tertiary/aromatic N) is 1. The summed E-state index contributed by atoms with van der Waals surface area (Å²) in [6.45, 7) is 4.99. The quantitative estimate of drug-likeness (QED) is 0.796. The van der Waals surface area contributed by atoms with Crippen molar-refractivity contribution in [3.05, 3.63) is 52.8 Å². The van der Waals surface area contributed by atoms with E-state index in [-0.39, 0.29) is 24.1 Å². The maximum Gasteiger partial charge on any atom is 0.231 e. The van der Waals surface area contributed by atoms with Crippen LogP contribution in [-0.2, 0) is 6.54 Å². The van der Waals surface area contributed by atoms with Gasteiger partial charge >= 0.3 is 0 Å². The zero-order chi connectivity index (χ0) is 20.0. The zero-order valence-corrected chi connectivity index (χ0v) is 16.3. The number of carbonyl (C=O) groups excluding carboxylic acids is 1. The normalized spacial score (nSPS) is 22.0. The Morgan fingerprint density at radius 2 is 2.07 bits per heavy atom. The number of rotatable bonds is 3. The predicted octanol–water partition coefficient (Wildman–Crippen LogP) is 3.97. The number of allylic oxidation sites excluding steroid dienone is 1. The Balaban J connectivity index is 1.44. The first-order valence-corrected chi connectivity index (χ1v) is 9.99. The number of benzene rings is 2. The van der Waals surface area contributed by atoms with E-state index in [1.54, 1.807) is 18.2 Å². The van der Waals surface area contributed by atoms with Crippen LogP contribution in [0.2, 0.25) is 0 Å². The summed E-state index contributed by atoms with van der Waals surface area (Å²) >= 11 is 0. The van der Waals surface area contributed by atoms with Gasteiger partial charge in [-0.1, -0.05) is 13.0 Å². The summed E-state index contributed by atoms with van der Waals surface area (Å²) in [7, 11) is 0. The fraction of sp³-hybridized carbons (Fsp3) is 0.348. The second-order valence-corrected chi connectivity index (χ2v) is 7.97. The Bertz CT molecular complexity index is 1010. The molecule has 0 aromatic heterocycles. The second-order valence-electron chi connectivity index (χ2n) is 7.97. The summed E-state index contributed by atoms with van der Waals surface area (Å²) in [4.78, 5) is 15.2. The lowest BCUT2D eigenvalue weighted by molar-refractivity contribution is 0.101. The van der Waals surface area contributed by atoms with Crippen molar-refractivity contribution in [2.75, 3.05) is 19.9 Å². The second kappa shape index (κ2) is 7.12. The summed E-state index contributed by atoms with van der Waals surface area (Å²) < 4.78 is 16.7. The minimum atomic E-state index is -0.175. The van der Waals surface area contributed by atoms with Crippen LogP contribution in [0.5, 0.6) is 23.0 Å². The smallest absolute Gasteiger partial charge is 0.231 e. The predicted molar refractivity (Wildman–Crippen MR) is 107 cm³/mol. The molecule has 3 heterocycles. The van der Waals surface area contributed by atoms with E-state index >= 15 is 0 Å². The molecule has 0 radical (unpaired) electrons. The number of fused-ring (bicyclic) bond motifs is 2. The van der Waals surface area contributed by atoms with E-state index in [1.807, 2.05) is 18.2 Å². The molecule has 5 rings (SSSR count). The van der Waals surface area contributed by atoms with Crippen LogP contribution >= 0.6 is 0 Å². The van der Waals surface area contributed by atoms with Crippen LogP contribution in [0.3, 0.4) is 0 Å². The Morgan fingerprint density at radius 1 is 1.21 bits per heavy atom. The Hall–Kier alpha value is -2.99. The minimum absolute atomic E-state index is 0.166. The lowest BCUT2D eigenvalue weighted by Gasteiger charge is -2.31. The molecule has 1 fully saturated rings. The molecule has 2 aromatic rings. The molecule has 0 bridgehead atoms. The van der Waals surface area contributed by atoms with Gasteiger partial charge in [-0.05, 0) is 61.2 Å². The van der Waals surface area contributed by atoms with Crippen LogP contribution < -0.4 is 14.2 Å². The van der Waals surface area contributed by atoms with E-state index in [0.717, 1.165) is 25.1 Å². The maximum atomic E-state index is 12.9. The lowest BCUT2D eigenvalue weighted by atomic mass is 9.99. The molecule has 0 aliphatic carbocycles. The number of Topliss-reactive ketones (excluding diaryl/α,β-unsaturated/α-hetero) is 1. The minimum Gasteiger partial charge on any atom is -0.507 e. The van der Waals surface area contributed by atoms with Crippen molar-refractivity contribution in [1.29, 1.82) is 0 Å². The number of hydrogen-bond donors (Lipinski definition) is 1. The van der Waals surface area contributed by atoms with Crippen LogP contribution in [0.25, 0.3) is 6.08 Å². The molecule has 0 amide bonds. The first kappa shape index (κ1) is 18.1. The summed E-state index contributed by atoms with van der Waals surface area (Å²) in [5, 5.41) is 10.5. The third kappa shape index (κ3) is 3.34. The molecule has 1 N–H and O–H groups in total. The first-order chi connectivity index (χ1) is 14.1. The van der Waals surface area contributed by atoms with Gasteiger partial charge in [-0.2, -0.15) is 0 Å². The number of likely N-dealkylation sites (tertiary alicyclic amines) is 1. The van der Waals surface area contributed by atoms with Gasteiger partial charge in [0, 0.05) is 13.1 Å². The maximum absolute atomic E-state index is 12.9. The van der Waals surface area contributed by atoms with E-state index in [2.05, 4.69) is 11.8 Å². The van der Waals surface area contributed by atoms with E-state index in [1.165, 1.54) is 6.42 Å². The molecular weight excluding hydrogens is 370 g/mol. The summed E-state index contributed by atoms with van der Waals surface area (Å²) in [6.07, 6.45) is 4.08. The van der Waals surface area contributed by atoms with Gasteiger partial charge in [0.05, 0.1) is 11.1 Å². The van der Waals surface area contributed by atoms with Crippen LogP contribution in [0.4, 0.5) is 0 Å². The van der Waals surface area contributed by atoms with Gasteiger partial charge in [0.2, 0.25) is 12.6 Å². The number of ether oxygens (including phenoxy) is 3. The third-order valence-corrected chi connectivity index (χ3v) is 5.73. The number of phenolic OH excluding ortho intramolecular Hbond substituents is 1. The Labute approximate surface area is 169 Å². The highest BCUT2D eigenvalue weighted by molar-refractivity contribution is 6.15. The first-order valence-electron chi connectivity index (χ1n) is 9.99. The highest BCUT2D eigenvalue weighted by Gasteiger charge is 2.32. The summed E-state index contributed by atoms with van der Waals surface area (Å²) in [6, 6.07) is 8.72. The van der Waals surface area contributed by atoms with Crippen LogP contribution in [0, 0.1) is 5.92 Å². The number of hydrogen-bond acceptors (Lipinski definition) is 6. The van der Waals surface area contributed by atoms with E-state index < -0.39 is 0 Å². The lowest BCUT2D eigenvalue weighted by Crippen LogP contribution is -2.33. The molecule has 0 spiro atoms. The van der Waals surface area contributed by atoms with Crippen molar-refractivity contribution in [3.63, 3.8) is 0 Å². The highest BCUT2D eigenvalue weighted by Crippen LogP contribution is 2.41. The molecule has 29 heavy (non-hydrogen) atoms. The summed E-state index contributed by atoms with van der Waals surface area (Å²) in [5.74, 6) is 2.69. The molecule has 0 unspecified atom stereocenters. The standard InChI is InChI=1S/C23H23NO5/c1-14-3-2-8-24(11-14)12-17-18(25)6-5-16-22(26)21(29-23(16)17)10-15-4-7-19-20(9-15)28-13-27-19/h4-7,9-10,14,25H,2-3,8,11-13H2,1H3/b21-10-/t14-/m1/s1. The molecule has 3 aliphatic heterocycles. The van der Waals surface area contributed by atoms with Crippen molar-refractivity contribution < 1.29 is 24.1 Å². The fourth-order valence-corrected chi connectivity index (χ4v) is 4.26. The summed E-state index contributed by atoms with van der Waals surface area (Å²) in [5.41, 5.74) is 1.97. The zero-order valence-electron chi connectivity index (χ0n) is 16.3. The molecule has 3 aliphatic rings. The molecular formula is C23H23NO5. The number of aromatic hydroxyl groups is 1. The van der Waals surface area contributed by atoms with Crippen molar-refractivity contribution in [1.82, 2.24) is 4.90 Å². The Morgan fingerprint density at radius 3 is 2.93 bits per heavy atom. The number of phenols is 1. The van der Waals surface area contributed by atoms with Crippen LogP contribution in [0.15, 0.2) is 36.1 Å². The highest BCUT2D eigenvalue weighted by atomic mass is 16.7. The van der Waals surface area contributed by atoms with Crippen molar-refractivity contribution in [3.8, 4) is 23.0 Å². The van der Waals surface area contributed by atoms with Gasteiger partial charge in [-0.25, -0.2) is 0 Å². The molecule has 6 heteroatoms.